The molecule has 1 fully saturated rings. The zero-order chi connectivity index (χ0) is 12.7. The SMILES string of the molecule is COCCONC(=O)C1CCCN(C(N)=O)C1. The van der Waals surface area contributed by atoms with Gasteiger partial charge in [-0.3, -0.25) is 9.63 Å². The monoisotopic (exact) mass is 245 g/mol. The molecule has 0 spiro atoms. The Labute approximate surface area is 100 Å². The Balaban J connectivity index is 2.28. The van der Waals surface area contributed by atoms with Gasteiger partial charge in [-0.15, -0.1) is 0 Å². The number of nitrogens with two attached hydrogens (primary N) is 1. The molecule has 0 saturated carbocycles. The van der Waals surface area contributed by atoms with Crippen LogP contribution >= 0.6 is 0 Å². The molecule has 0 aromatic rings. The fourth-order valence-electron chi connectivity index (χ4n) is 1.72. The van der Waals surface area contributed by atoms with E-state index in [9.17, 15) is 9.59 Å². The smallest absolute Gasteiger partial charge is 0.314 e. The molecule has 0 aromatic carbocycles. The number of piperidine rings is 1. The summed E-state index contributed by atoms with van der Waals surface area (Å²) in [7, 11) is 1.55. The predicted molar refractivity (Wildman–Crippen MR) is 59.9 cm³/mol. The quantitative estimate of drug-likeness (QED) is 0.503. The number of ether oxygens (including phenoxy) is 1. The highest BCUT2D eigenvalue weighted by Crippen LogP contribution is 2.16. The summed E-state index contributed by atoms with van der Waals surface area (Å²) in [5, 5.41) is 0. The average Bonchev–Trinajstić information content (AvgIpc) is 2.34. The molecule has 0 aromatic heterocycles. The Bertz CT molecular complexity index is 272. The third kappa shape index (κ3) is 4.58. The van der Waals surface area contributed by atoms with E-state index in [2.05, 4.69) is 5.48 Å². The van der Waals surface area contributed by atoms with Crippen molar-refractivity contribution in [1.82, 2.24) is 10.4 Å². The lowest BCUT2D eigenvalue weighted by Crippen LogP contribution is -2.47. The number of likely N-dealkylation sites (tertiary alicyclic amines) is 1. The number of primary amides is 1. The Morgan fingerprint density at radius 1 is 1.47 bits per heavy atom. The second-order valence-electron chi connectivity index (χ2n) is 3.93. The van der Waals surface area contributed by atoms with E-state index < -0.39 is 6.03 Å². The molecule has 0 aliphatic carbocycles. The number of amides is 3. The lowest BCUT2D eigenvalue weighted by Gasteiger charge is -2.30. The summed E-state index contributed by atoms with van der Waals surface area (Å²) in [6.07, 6.45) is 1.52. The summed E-state index contributed by atoms with van der Waals surface area (Å²) >= 11 is 0. The van der Waals surface area contributed by atoms with Gasteiger partial charge in [-0.25, -0.2) is 10.3 Å². The van der Waals surface area contributed by atoms with Gasteiger partial charge < -0.3 is 15.4 Å². The van der Waals surface area contributed by atoms with Crippen LogP contribution in [-0.2, 0) is 14.4 Å². The predicted octanol–water partition coefficient (Wildman–Crippen LogP) is -0.529. The van der Waals surface area contributed by atoms with E-state index in [1.165, 1.54) is 4.90 Å². The first-order valence-electron chi connectivity index (χ1n) is 5.60. The van der Waals surface area contributed by atoms with E-state index in [0.29, 0.717) is 26.3 Å². The molecule has 1 aliphatic heterocycles. The van der Waals surface area contributed by atoms with E-state index in [1.807, 2.05) is 0 Å². The van der Waals surface area contributed by atoms with E-state index >= 15 is 0 Å². The molecule has 1 saturated heterocycles. The molecule has 1 atom stereocenters. The molecule has 1 heterocycles. The second kappa shape index (κ2) is 7.08. The molecule has 98 valence electrons. The van der Waals surface area contributed by atoms with E-state index in [0.717, 1.165) is 12.8 Å². The topological polar surface area (TPSA) is 93.9 Å². The van der Waals surface area contributed by atoms with Crippen molar-refractivity contribution in [2.24, 2.45) is 11.7 Å². The number of carbonyl (C=O) groups is 2. The molecular weight excluding hydrogens is 226 g/mol. The van der Waals surface area contributed by atoms with Gasteiger partial charge in [-0.2, -0.15) is 0 Å². The Kier molecular flexibility index (Phi) is 5.71. The van der Waals surface area contributed by atoms with Gasteiger partial charge in [0, 0.05) is 20.2 Å². The van der Waals surface area contributed by atoms with Crippen molar-refractivity contribution in [2.45, 2.75) is 12.8 Å². The van der Waals surface area contributed by atoms with Gasteiger partial charge in [-0.1, -0.05) is 0 Å². The summed E-state index contributed by atoms with van der Waals surface area (Å²) in [4.78, 5) is 29.1. The highest BCUT2D eigenvalue weighted by Gasteiger charge is 2.27. The van der Waals surface area contributed by atoms with Gasteiger partial charge >= 0.3 is 6.03 Å². The van der Waals surface area contributed by atoms with Crippen LogP contribution in [0.3, 0.4) is 0 Å². The molecule has 1 unspecified atom stereocenters. The van der Waals surface area contributed by atoms with E-state index in [-0.39, 0.29) is 11.8 Å². The first-order valence-corrected chi connectivity index (χ1v) is 5.60. The average molecular weight is 245 g/mol. The van der Waals surface area contributed by atoms with Crippen molar-refractivity contribution < 1.29 is 19.2 Å². The number of methoxy groups -OCH3 is 1. The molecule has 7 heteroatoms. The summed E-state index contributed by atoms with van der Waals surface area (Å²) < 4.78 is 4.77. The van der Waals surface area contributed by atoms with E-state index in [4.69, 9.17) is 15.3 Å². The fourth-order valence-corrected chi connectivity index (χ4v) is 1.72. The Morgan fingerprint density at radius 2 is 2.24 bits per heavy atom. The van der Waals surface area contributed by atoms with Crippen LogP contribution in [0.25, 0.3) is 0 Å². The molecule has 0 bridgehead atoms. The number of nitrogens with one attached hydrogen (secondary N) is 1. The minimum absolute atomic E-state index is 0.216. The number of hydrogen-bond donors (Lipinski definition) is 2. The zero-order valence-corrected chi connectivity index (χ0v) is 9.98. The minimum Gasteiger partial charge on any atom is -0.382 e. The van der Waals surface area contributed by atoms with Crippen LogP contribution in [0.4, 0.5) is 4.79 Å². The summed E-state index contributed by atoms with van der Waals surface area (Å²) in [5.41, 5.74) is 7.53. The number of rotatable bonds is 5. The molecule has 3 amide bonds. The highest BCUT2D eigenvalue weighted by molar-refractivity contribution is 5.79. The molecule has 0 radical (unpaired) electrons. The molecule has 17 heavy (non-hydrogen) atoms. The third-order valence-corrected chi connectivity index (χ3v) is 2.67. The van der Waals surface area contributed by atoms with Gasteiger partial charge in [-0.05, 0) is 12.8 Å². The van der Waals surface area contributed by atoms with Crippen LogP contribution in [0.2, 0.25) is 0 Å². The van der Waals surface area contributed by atoms with Crippen molar-refractivity contribution in [3.05, 3.63) is 0 Å². The summed E-state index contributed by atoms with van der Waals surface area (Å²) in [6.45, 7) is 1.69. The lowest BCUT2D eigenvalue weighted by atomic mass is 9.98. The van der Waals surface area contributed by atoms with Crippen LogP contribution in [0.1, 0.15) is 12.8 Å². The number of carbonyl (C=O) groups excluding carboxylic acids is 2. The Hall–Kier alpha value is -1.34. The van der Waals surface area contributed by atoms with Crippen molar-refractivity contribution in [3.63, 3.8) is 0 Å². The van der Waals surface area contributed by atoms with Crippen molar-refractivity contribution in [1.29, 1.82) is 0 Å². The number of nitrogens with zero attached hydrogens (tertiary/aromatic N) is 1. The minimum atomic E-state index is -0.484. The zero-order valence-electron chi connectivity index (χ0n) is 9.98. The van der Waals surface area contributed by atoms with Crippen molar-refractivity contribution >= 4 is 11.9 Å². The first kappa shape index (κ1) is 13.7. The van der Waals surface area contributed by atoms with Gasteiger partial charge in [0.05, 0.1) is 19.1 Å². The molecule has 1 rings (SSSR count). The second-order valence-corrected chi connectivity index (χ2v) is 3.93. The van der Waals surface area contributed by atoms with Gasteiger partial charge in [0.15, 0.2) is 0 Å². The molecule has 7 nitrogen and oxygen atoms in total. The van der Waals surface area contributed by atoms with Crippen LogP contribution in [0.15, 0.2) is 0 Å². The maximum Gasteiger partial charge on any atom is 0.314 e. The van der Waals surface area contributed by atoms with Crippen molar-refractivity contribution in [3.8, 4) is 0 Å². The van der Waals surface area contributed by atoms with Gasteiger partial charge in [0.25, 0.3) is 0 Å². The molecule has 1 aliphatic rings. The normalized spacial score (nSPS) is 20.1. The summed E-state index contributed by atoms with van der Waals surface area (Å²) in [6, 6.07) is -0.484. The molecule has 3 N–H and O–H groups in total. The highest BCUT2D eigenvalue weighted by atomic mass is 16.7. The fraction of sp³-hybridized carbons (Fsp3) is 0.800. The van der Waals surface area contributed by atoms with Crippen LogP contribution in [-0.4, -0.2) is 50.3 Å². The number of hydrogen-bond acceptors (Lipinski definition) is 4. The third-order valence-electron chi connectivity index (χ3n) is 2.67. The summed E-state index contributed by atoms with van der Waals surface area (Å²) in [5.74, 6) is -0.467. The first-order chi connectivity index (χ1) is 8.15. The van der Waals surface area contributed by atoms with Gasteiger partial charge in [0.2, 0.25) is 5.91 Å². The van der Waals surface area contributed by atoms with Crippen LogP contribution in [0.5, 0.6) is 0 Å². The van der Waals surface area contributed by atoms with Crippen LogP contribution in [0, 0.1) is 5.92 Å². The number of hydroxylamine groups is 1. The van der Waals surface area contributed by atoms with Crippen LogP contribution < -0.4 is 11.2 Å². The largest absolute Gasteiger partial charge is 0.382 e. The Morgan fingerprint density at radius 3 is 2.88 bits per heavy atom. The van der Waals surface area contributed by atoms with Gasteiger partial charge in [0.1, 0.15) is 0 Å². The molecular formula is C10H19N3O4. The maximum absolute atomic E-state index is 11.7. The van der Waals surface area contributed by atoms with Crippen molar-refractivity contribution in [2.75, 3.05) is 33.4 Å². The standard InChI is InChI=1S/C10H19N3O4/c1-16-5-6-17-12-9(14)8-3-2-4-13(7-8)10(11)15/h8H,2-7H2,1H3,(H2,11,15)(H,12,14). The number of urea groups is 1. The maximum atomic E-state index is 11.7. The lowest BCUT2D eigenvalue weighted by molar-refractivity contribution is -0.140. The van der Waals surface area contributed by atoms with E-state index in [1.54, 1.807) is 7.11 Å².